The zero-order valence-electron chi connectivity index (χ0n) is 10.5. The van der Waals surface area contributed by atoms with Gasteiger partial charge in [-0.2, -0.15) is 0 Å². The molecule has 2 aliphatic rings. The number of fused-ring (bicyclic) bond motifs is 3. The average molecular weight is 231 g/mol. The maximum absolute atomic E-state index is 11.9. The van der Waals surface area contributed by atoms with Gasteiger partial charge in [0.05, 0.1) is 11.6 Å². The molecule has 1 aromatic carbocycles. The molecule has 0 spiro atoms. The number of ether oxygens (including phenoxy) is 1. The summed E-state index contributed by atoms with van der Waals surface area (Å²) in [5.41, 5.74) is 4.48. The number of hydrogen-bond donors (Lipinski definition) is 1. The molecule has 0 radical (unpaired) electrons. The lowest BCUT2D eigenvalue weighted by Crippen LogP contribution is -2.11. The lowest BCUT2D eigenvalue weighted by Gasteiger charge is -2.12. The van der Waals surface area contributed by atoms with Crippen molar-refractivity contribution in [1.29, 1.82) is 0 Å². The molecule has 0 saturated heterocycles. The molecule has 3 rings (SSSR count). The van der Waals surface area contributed by atoms with Crippen molar-refractivity contribution in [3.63, 3.8) is 0 Å². The quantitative estimate of drug-likeness (QED) is 0.807. The lowest BCUT2D eigenvalue weighted by atomic mass is 9.93. The van der Waals surface area contributed by atoms with Crippen LogP contribution in [0.3, 0.4) is 0 Å². The van der Waals surface area contributed by atoms with E-state index in [4.69, 9.17) is 4.74 Å². The van der Waals surface area contributed by atoms with Crippen molar-refractivity contribution in [2.24, 2.45) is 0 Å². The summed E-state index contributed by atoms with van der Waals surface area (Å²) >= 11 is 0. The fourth-order valence-corrected chi connectivity index (χ4v) is 2.97. The summed E-state index contributed by atoms with van der Waals surface area (Å²) in [6, 6.07) is 2.15. The predicted octanol–water partition coefficient (Wildman–Crippen LogP) is 2.76. The minimum atomic E-state index is -0.0380. The van der Waals surface area contributed by atoms with Crippen molar-refractivity contribution in [3.05, 3.63) is 22.8 Å². The van der Waals surface area contributed by atoms with Gasteiger partial charge in [-0.05, 0) is 31.4 Å². The number of rotatable bonds is 1. The number of amides is 1. The van der Waals surface area contributed by atoms with Crippen LogP contribution in [0.2, 0.25) is 0 Å². The van der Waals surface area contributed by atoms with Crippen molar-refractivity contribution in [3.8, 4) is 5.75 Å². The fraction of sp³-hybridized carbons (Fsp3) is 0.500. The van der Waals surface area contributed by atoms with Gasteiger partial charge in [-0.25, -0.2) is 0 Å². The molecule has 2 aliphatic heterocycles. The third-order valence-electron chi connectivity index (χ3n) is 3.74. The van der Waals surface area contributed by atoms with Crippen LogP contribution >= 0.6 is 0 Å². The second-order valence-electron chi connectivity index (χ2n) is 5.05. The Kier molecular flexibility index (Phi) is 2.18. The topological polar surface area (TPSA) is 38.3 Å². The van der Waals surface area contributed by atoms with E-state index in [1.165, 1.54) is 5.56 Å². The molecule has 2 unspecified atom stereocenters. The SMILES string of the molecule is CCC1C(=O)Nc2c(C)cc3c(c21)OC(C)C3. The zero-order valence-corrected chi connectivity index (χ0v) is 10.5. The van der Waals surface area contributed by atoms with E-state index in [-0.39, 0.29) is 17.9 Å². The van der Waals surface area contributed by atoms with Crippen molar-refractivity contribution in [2.45, 2.75) is 45.6 Å². The Labute approximate surface area is 101 Å². The summed E-state index contributed by atoms with van der Waals surface area (Å²) in [5, 5.41) is 2.99. The Morgan fingerprint density at radius 1 is 1.53 bits per heavy atom. The van der Waals surface area contributed by atoms with Crippen LogP contribution in [0.15, 0.2) is 6.07 Å². The molecule has 2 atom stereocenters. The van der Waals surface area contributed by atoms with E-state index < -0.39 is 0 Å². The smallest absolute Gasteiger partial charge is 0.232 e. The van der Waals surface area contributed by atoms with Gasteiger partial charge >= 0.3 is 0 Å². The highest BCUT2D eigenvalue weighted by molar-refractivity contribution is 6.05. The molecule has 2 heterocycles. The molecular weight excluding hydrogens is 214 g/mol. The first-order chi connectivity index (χ1) is 8.11. The van der Waals surface area contributed by atoms with E-state index in [9.17, 15) is 4.79 Å². The number of hydrogen-bond acceptors (Lipinski definition) is 2. The number of anilines is 1. The Morgan fingerprint density at radius 3 is 3.00 bits per heavy atom. The van der Waals surface area contributed by atoms with Crippen molar-refractivity contribution >= 4 is 11.6 Å². The highest BCUT2D eigenvalue weighted by atomic mass is 16.5. The zero-order chi connectivity index (χ0) is 12.2. The minimum Gasteiger partial charge on any atom is -0.490 e. The molecule has 0 saturated carbocycles. The number of carbonyl (C=O) groups is 1. The molecule has 90 valence electrons. The number of nitrogens with one attached hydrogen (secondary N) is 1. The van der Waals surface area contributed by atoms with E-state index in [2.05, 4.69) is 25.2 Å². The normalized spacial score (nSPS) is 25.2. The van der Waals surface area contributed by atoms with Gasteiger partial charge < -0.3 is 10.1 Å². The summed E-state index contributed by atoms with van der Waals surface area (Å²) in [4.78, 5) is 11.9. The molecule has 0 aliphatic carbocycles. The monoisotopic (exact) mass is 231 g/mol. The fourth-order valence-electron chi connectivity index (χ4n) is 2.97. The van der Waals surface area contributed by atoms with E-state index in [0.717, 1.165) is 35.4 Å². The Balaban J connectivity index is 2.22. The summed E-state index contributed by atoms with van der Waals surface area (Å²) in [6.07, 6.45) is 2.00. The van der Waals surface area contributed by atoms with Gasteiger partial charge in [-0.3, -0.25) is 4.79 Å². The molecule has 0 bridgehead atoms. The van der Waals surface area contributed by atoms with Crippen LogP contribution in [0.25, 0.3) is 0 Å². The van der Waals surface area contributed by atoms with Crippen molar-refractivity contribution in [2.75, 3.05) is 5.32 Å². The second kappa shape index (κ2) is 3.49. The Hall–Kier alpha value is -1.51. The highest BCUT2D eigenvalue weighted by Gasteiger charge is 2.37. The first kappa shape index (κ1) is 10.6. The summed E-state index contributed by atoms with van der Waals surface area (Å²) < 4.78 is 5.89. The third-order valence-corrected chi connectivity index (χ3v) is 3.74. The standard InChI is InChI=1S/C14H17NO2/c1-4-10-11-12(15-14(10)16)7(2)5-9-6-8(3)17-13(9)11/h5,8,10H,4,6H2,1-3H3,(H,15,16). The van der Waals surface area contributed by atoms with Crippen LogP contribution in [0.5, 0.6) is 5.75 Å². The van der Waals surface area contributed by atoms with Gasteiger partial charge in [-0.15, -0.1) is 0 Å². The number of aryl methyl sites for hydroxylation is 1. The number of benzene rings is 1. The van der Waals surface area contributed by atoms with E-state index in [1.807, 2.05) is 6.92 Å². The molecule has 1 amide bonds. The van der Waals surface area contributed by atoms with Crippen LogP contribution in [0.1, 0.15) is 42.9 Å². The van der Waals surface area contributed by atoms with Gasteiger partial charge in [0.25, 0.3) is 0 Å². The number of carbonyl (C=O) groups excluding carboxylic acids is 1. The highest BCUT2D eigenvalue weighted by Crippen LogP contribution is 2.47. The largest absolute Gasteiger partial charge is 0.490 e. The Morgan fingerprint density at radius 2 is 2.29 bits per heavy atom. The van der Waals surface area contributed by atoms with Crippen LogP contribution in [0, 0.1) is 6.92 Å². The van der Waals surface area contributed by atoms with E-state index in [0.29, 0.717) is 0 Å². The molecule has 0 fully saturated rings. The molecule has 3 heteroatoms. The summed E-state index contributed by atoms with van der Waals surface area (Å²) in [5.74, 6) is 1.04. The molecular formula is C14H17NO2. The van der Waals surface area contributed by atoms with Crippen LogP contribution in [-0.2, 0) is 11.2 Å². The second-order valence-corrected chi connectivity index (χ2v) is 5.05. The third kappa shape index (κ3) is 1.38. The van der Waals surface area contributed by atoms with E-state index >= 15 is 0 Å². The van der Waals surface area contributed by atoms with Crippen LogP contribution in [0.4, 0.5) is 5.69 Å². The molecule has 0 aromatic heterocycles. The molecule has 3 nitrogen and oxygen atoms in total. The molecule has 1 N–H and O–H groups in total. The maximum Gasteiger partial charge on any atom is 0.232 e. The van der Waals surface area contributed by atoms with Gasteiger partial charge in [-0.1, -0.05) is 13.0 Å². The molecule has 17 heavy (non-hydrogen) atoms. The maximum atomic E-state index is 11.9. The summed E-state index contributed by atoms with van der Waals surface area (Å²) in [7, 11) is 0. The van der Waals surface area contributed by atoms with Gasteiger partial charge in [0.15, 0.2) is 0 Å². The first-order valence-corrected chi connectivity index (χ1v) is 6.25. The van der Waals surface area contributed by atoms with Crippen molar-refractivity contribution in [1.82, 2.24) is 0 Å². The van der Waals surface area contributed by atoms with Gasteiger partial charge in [0.2, 0.25) is 5.91 Å². The predicted molar refractivity (Wildman–Crippen MR) is 66.6 cm³/mol. The van der Waals surface area contributed by atoms with Gasteiger partial charge in [0, 0.05) is 12.0 Å². The average Bonchev–Trinajstić information content (AvgIpc) is 2.78. The van der Waals surface area contributed by atoms with Crippen LogP contribution < -0.4 is 10.1 Å². The van der Waals surface area contributed by atoms with E-state index in [1.54, 1.807) is 0 Å². The molecule has 1 aromatic rings. The van der Waals surface area contributed by atoms with Gasteiger partial charge in [0.1, 0.15) is 11.9 Å². The van der Waals surface area contributed by atoms with Crippen molar-refractivity contribution < 1.29 is 9.53 Å². The summed E-state index contributed by atoms with van der Waals surface area (Å²) in [6.45, 7) is 6.18. The Bertz CT molecular complexity index is 507. The minimum absolute atomic E-state index is 0.0380. The first-order valence-electron chi connectivity index (χ1n) is 6.25. The van der Waals surface area contributed by atoms with Crippen LogP contribution in [-0.4, -0.2) is 12.0 Å². The lowest BCUT2D eigenvalue weighted by molar-refractivity contribution is -0.117.